The third kappa shape index (κ3) is 3.78. The quantitative estimate of drug-likeness (QED) is 0.351. The van der Waals surface area contributed by atoms with Crippen LogP contribution in [-0.2, 0) is 9.59 Å². The molecule has 168 valence electrons. The lowest BCUT2D eigenvalue weighted by atomic mass is 9.94. The first-order valence-corrected chi connectivity index (χ1v) is 10.7. The zero-order valence-electron chi connectivity index (χ0n) is 19.3. The molecule has 0 radical (unpaired) electrons. The van der Waals surface area contributed by atoms with Gasteiger partial charge in [0, 0.05) is 18.1 Å². The maximum atomic E-state index is 13.4. The van der Waals surface area contributed by atoms with Gasteiger partial charge < -0.3 is 9.84 Å². The van der Waals surface area contributed by atoms with Crippen LogP contribution in [0.25, 0.3) is 5.76 Å². The Morgan fingerprint density at radius 2 is 1.76 bits per heavy atom. The molecule has 1 saturated heterocycles. The number of anilines is 1. The SMILES string of the molecule is COc1c(C)cc(C)cc1/C(O)=C1\C(=O)C(=O)N(c2cc(C)ccc2C)C1c1cccnc1. The van der Waals surface area contributed by atoms with Crippen LogP contribution < -0.4 is 9.64 Å². The number of nitrogens with zero attached hydrogens (tertiary/aromatic N) is 2. The zero-order valence-corrected chi connectivity index (χ0v) is 19.3. The molecular formula is C27H26N2O4. The van der Waals surface area contributed by atoms with Crippen LogP contribution >= 0.6 is 0 Å². The van der Waals surface area contributed by atoms with Crippen molar-refractivity contribution in [2.75, 3.05) is 12.0 Å². The first kappa shape index (κ1) is 22.3. The van der Waals surface area contributed by atoms with Crippen molar-refractivity contribution in [1.82, 2.24) is 4.98 Å². The van der Waals surface area contributed by atoms with Crippen LogP contribution in [-0.4, -0.2) is 28.9 Å². The highest BCUT2D eigenvalue weighted by Crippen LogP contribution is 2.44. The Kier molecular flexibility index (Phi) is 5.77. The number of amides is 1. The zero-order chi connectivity index (χ0) is 23.9. The lowest BCUT2D eigenvalue weighted by molar-refractivity contribution is -0.132. The standard InChI is InChI=1S/C27H26N2O4/c1-15-8-9-17(3)21(13-15)29-23(19-7-6-10-28-14-19)22(25(31)27(29)32)24(30)20-12-16(2)11-18(4)26(20)33-5/h6-14,23,30H,1-5H3/b24-22+. The van der Waals surface area contributed by atoms with Gasteiger partial charge in [-0.1, -0.05) is 24.3 Å². The molecule has 1 N–H and O–H groups in total. The minimum Gasteiger partial charge on any atom is -0.507 e. The fraction of sp³-hybridized carbons (Fsp3) is 0.222. The van der Waals surface area contributed by atoms with E-state index in [1.807, 2.05) is 52.0 Å². The number of aliphatic hydroxyl groups excluding tert-OH is 1. The van der Waals surface area contributed by atoms with Gasteiger partial charge in [-0.05, 0) is 73.7 Å². The van der Waals surface area contributed by atoms with Gasteiger partial charge in [0.25, 0.3) is 11.7 Å². The molecule has 0 spiro atoms. The summed E-state index contributed by atoms with van der Waals surface area (Å²) in [5.74, 6) is -1.24. The number of pyridine rings is 1. The van der Waals surface area contributed by atoms with Crippen LogP contribution in [0.5, 0.6) is 5.75 Å². The summed E-state index contributed by atoms with van der Waals surface area (Å²) in [6.45, 7) is 7.59. The van der Waals surface area contributed by atoms with Crippen LogP contribution in [0.1, 0.15) is 39.4 Å². The van der Waals surface area contributed by atoms with E-state index in [2.05, 4.69) is 4.98 Å². The lowest BCUT2D eigenvalue weighted by Gasteiger charge is -2.27. The normalized spacial score (nSPS) is 17.5. The van der Waals surface area contributed by atoms with E-state index in [1.165, 1.54) is 12.0 Å². The molecule has 1 aliphatic rings. The van der Waals surface area contributed by atoms with Gasteiger partial charge in [0.05, 0.1) is 24.3 Å². The van der Waals surface area contributed by atoms with Crippen molar-refractivity contribution in [3.05, 3.63) is 93.8 Å². The number of hydrogen-bond donors (Lipinski definition) is 1. The van der Waals surface area contributed by atoms with Crippen molar-refractivity contribution in [3.63, 3.8) is 0 Å². The number of methoxy groups -OCH3 is 1. The smallest absolute Gasteiger partial charge is 0.300 e. The molecule has 1 aliphatic heterocycles. The summed E-state index contributed by atoms with van der Waals surface area (Å²) < 4.78 is 5.54. The number of benzene rings is 2. The number of aromatic nitrogens is 1. The van der Waals surface area contributed by atoms with E-state index in [9.17, 15) is 14.7 Å². The second kappa shape index (κ2) is 8.54. The monoisotopic (exact) mass is 442 g/mol. The van der Waals surface area contributed by atoms with Crippen molar-refractivity contribution in [3.8, 4) is 5.75 Å². The molecular weight excluding hydrogens is 416 g/mol. The molecule has 0 saturated carbocycles. The molecule has 1 fully saturated rings. The summed E-state index contributed by atoms with van der Waals surface area (Å²) in [5.41, 5.74) is 5.16. The average molecular weight is 443 g/mol. The minimum atomic E-state index is -0.829. The van der Waals surface area contributed by atoms with Crippen LogP contribution in [0.4, 0.5) is 5.69 Å². The molecule has 1 atom stereocenters. The molecule has 3 aromatic rings. The Hall–Kier alpha value is -3.93. The van der Waals surface area contributed by atoms with Crippen LogP contribution in [0.15, 0.2) is 60.4 Å². The number of Topliss-reactive ketones (excluding diaryl/α,β-unsaturated/α-hetero) is 1. The lowest BCUT2D eigenvalue weighted by Crippen LogP contribution is -2.30. The number of carbonyl (C=O) groups excluding carboxylic acids is 2. The van der Waals surface area contributed by atoms with Crippen molar-refractivity contribution in [2.24, 2.45) is 0 Å². The fourth-order valence-corrected chi connectivity index (χ4v) is 4.46. The fourth-order valence-electron chi connectivity index (χ4n) is 4.46. The summed E-state index contributed by atoms with van der Waals surface area (Å²) in [7, 11) is 1.52. The largest absolute Gasteiger partial charge is 0.507 e. The van der Waals surface area contributed by atoms with Gasteiger partial charge in [-0.25, -0.2) is 0 Å². The van der Waals surface area contributed by atoms with Crippen LogP contribution in [0.3, 0.4) is 0 Å². The van der Waals surface area contributed by atoms with E-state index in [0.29, 0.717) is 22.6 Å². The third-order valence-corrected chi connectivity index (χ3v) is 5.95. The van der Waals surface area contributed by atoms with E-state index >= 15 is 0 Å². The molecule has 6 nitrogen and oxygen atoms in total. The molecule has 2 aromatic carbocycles. The predicted molar refractivity (Wildman–Crippen MR) is 127 cm³/mol. The van der Waals surface area contributed by atoms with Gasteiger partial charge in [-0.15, -0.1) is 0 Å². The number of carbonyl (C=O) groups is 2. The van der Waals surface area contributed by atoms with E-state index in [1.54, 1.807) is 30.6 Å². The number of hydrogen-bond acceptors (Lipinski definition) is 5. The van der Waals surface area contributed by atoms with E-state index in [-0.39, 0.29) is 11.3 Å². The van der Waals surface area contributed by atoms with Gasteiger partial charge >= 0.3 is 0 Å². The Bertz CT molecular complexity index is 1290. The Balaban J connectivity index is 2.03. The van der Waals surface area contributed by atoms with E-state index in [0.717, 1.165) is 22.3 Å². The summed E-state index contributed by atoms with van der Waals surface area (Å²) in [6.07, 6.45) is 3.24. The average Bonchev–Trinajstić information content (AvgIpc) is 3.05. The highest BCUT2D eigenvalue weighted by atomic mass is 16.5. The van der Waals surface area contributed by atoms with Crippen molar-refractivity contribution in [1.29, 1.82) is 0 Å². The highest BCUT2D eigenvalue weighted by molar-refractivity contribution is 6.51. The van der Waals surface area contributed by atoms with Crippen molar-refractivity contribution >= 4 is 23.1 Å². The number of ketones is 1. The maximum absolute atomic E-state index is 13.4. The van der Waals surface area contributed by atoms with Gasteiger partial charge in [-0.3, -0.25) is 19.5 Å². The predicted octanol–water partition coefficient (Wildman–Crippen LogP) is 4.95. The van der Waals surface area contributed by atoms with Crippen molar-refractivity contribution < 1.29 is 19.4 Å². The summed E-state index contributed by atoms with van der Waals surface area (Å²) >= 11 is 0. The molecule has 0 aliphatic carbocycles. The highest BCUT2D eigenvalue weighted by Gasteiger charge is 2.47. The number of ether oxygens (including phenoxy) is 1. The Morgan fingerprint density at radius 1 is 1.00 bits per heavy atom. The minimum absolute atomic E-state index is 0.0113. The molecule has 0 bridgehead atoms. The Morgan fingerprint density at radius 3 is 2.42 bits per heavy atom. The first-order chi connectivity index (χ1) is 15.7. The van der Waals surface area contributed by atoms with Crippen molar-refractivity contribution in [2.45, 2.75) is 33.7 Å². The summed E-state index contributed by atoms with van der Waals surface area (Å²) in [5, 5.41) is 11.5. The molecule has 1 aromatic heterocycles. The molecule has 33 heavy (non-hydrogen) atoms. The first-order valence-electron chi connectivity index (χ1n) is 10.7. The molecule has 6 heteroatoms. The second-order valence-corrected chi connectivity index (χ2v) is 8.41. The molecule has 1 amide bonds. The molecule has 4 rings (SSSR count). The van der Waals surface area contributed by atoms with Gasteiger partial charge in [-0.2, -0.15) is 0 Å². The number of aryl methyl sites for hydroxylation is 4. The topological polar surface area (TPSA) is 79.7 Å². The van der Waals surface area contributed by atoms with Gasteiger partial charge in [0.15, 0.2) is 0 Å². The maximum Gasteiger partial charge on any atom is 0.300 e. The Labute approximate surface area is 193 Å². The summed E-state index contributed by atoms with van der Waals surface area (Å²) in [6, 6.07) is 12.1. The van der Waals surface area contributed by atoms with Crippen LogP contribution in [0, 0.1) is 27.7 Å². The van der Waals surface area contributed by atoms with Gasteiger partial charge in [0.1, 0.15) is 11.5 Å². The summed E-state index contributed by atoms with van der Waals surface area (Å²) in [4.78, 5) is 32.4. The molecule has 2 heterocycles. The number of aliphatic hydroxyl groups is 1. The van der Waals surface area contributed by atoms with Gasteiger partial charge in [0.2, 0.25) is 0 Å². The second-order valence-electron chi connectivity index (χ2n) is 8.41. The molecule has 1 unspecified atom stereocenters. The van der Waals surface area contributed by atoms with E-state index < -0.39 is 17.7 Å². The van der Waals surface area contributed by atoms with E-state index in [4.69, 9.17) is 4.74 Å². The third-order valence-electron chi connectivity index (χ3n) is 5.95. The number of rotatable bonds is 4. The van der Waals surface area contributed by atoms with Crippen LogP contribution in [0.2, 0.25) is 0 Å².